The highest BCUT2D eigenvalue weighted by molar-refractivity contribution is 5.35. The van der Waals surface area contributed by atoms with Crippen molar-refractivity contribution in [3.05, 3.63) is 59.4 Å². The molecule has 2 aromatic carbocycles. The van der Waals surface area contributed by atoms with Crippen LogP contribution in [0.15, 0.2) is 42.5 Å². The summed E-state index contributed by atoms with van der Waals surface area (Å²) in [5.41, 5.74) is 0.296. The van der Waals surface area contributed by atoms with Gasteiger partial charge >= 0.3 is 0 Å². The number of nitriles is 1. The van der Waals surface area contributed by atoms with E-state index in [1.54, 1.807) is 30.3 Å². The molecule has 2 rings (SSSR count). The van der Waals surface area contributed by atoms with Crippen LogP contribution in [0.2, 0.25) is 0 Å². The number of aromatic hydroxyl groups is 1. The number of benzene rings is 2. The number of phenolic OH excluding ortho intramolecular Hbond substituents is 1. The molecule has 0 aromatic heterocycles. The van der Waals surface area contributed by atoms with Gasteiger partial charge in [0.05, 0.1) is 5.56 Å². The van der Waals surface area contributed by atoms with Crippen LogP contribution in [0, 0.1) is 17.1 Å². The predicted octanol–water partition coefficient (Wildman–Crippen LogP) is 2.98. The molecule has 0 unspecified atom stereocenters. The number of nitrogens with zero attached hydrogens (tertiary/aromatic N) is 1. The number of phenols is 1. The molecule has 0 atom stereocenters. The van der Waals surface area contributed by atoms with Crippen LogP contribution in [0.1, 0.15) is 11.1 Å². The summed E-state index contributed by atoms with van der Waals surface area (Å²) in [7, 11) is 0. The van der Waals surface area contributed by atoms with E-state index in [2.05, 4.69) is 0 Å². The van der Waals surface area contributed by atoms with E-state index in [1.807, 2.05) is 0 Å². The van der Waals surface area contributed by atoms with Gasteiger partial charge in [0, 0.05) is 11.6 Å². The second-order valence-corrected chi connectivity index (χ2v) is 3.68. The molecule has 0 saturated heterocycles. The molecule has 4 heteroatoms. The highest BCUT2D eigenvalue weighted by atomic mass is 19.1. The first-order chi connectivity index (χ1) is 8.70. The Morgan fingerprint density at radius 1 is 1.22 bits per heavy atom. The molecule has 90 valence electrons. The molecule has 0 amide bonds. The van der Waals surface area contributed by atoms with Gasteiger partial charge in [-0.3, -0.25) is 0 Å². The van der Waals surface area contributed by atoms with E-state index in [9.17, 15) is 9.50 Å². The molecule has 18 heavy (non-hydrogen) atoms. The van der Waals surface area contributed by atoms with Crippen molar-refractivity contribution in [2.24, 2.45) is 0 Å². The lowest BCUT2D eigenvalue weighted by Gasteiger charge is -2.07. The third-order valence-electron chi connectivity index (χ3n) is 2.41. The fraction of sp³-hybridized carbons (Fsp3) is 0.0714. The fourth-order valence-corrected chi connectivity index (χ4v) is 1.51. The first-order valence-electron chi connectivity index (χ1n) is 5.30. The molecule has 3 nitrogen and oxygen atoms in total. The van der Waals surface area contributed by atoms with Crippen LogP contribution in [0.4, 0.5) is 4.39 Å². The molecule has 0 aliphatic carbocycles. The van der Waals surface area contributed by atoms with E-state index in [0.717, 1.165) is 0 Å². The maximum absolute atomic E-state index is 13.7. The van der Waals surface area contributed by atoms with Gasteiger partial charge < -0.3 is 9.84 Å². The van der Waals surface area contributed by atoms with E-state index in [4.69, 9.17) is 10.00 Å². The predicted molar refractivity (Wildman–Crippen MR) is 63.6 cm³/mol. The molecular formula is C14H10FNO2. The molecule has 0 bridgehead atoms. The molecule has 2 aromatic rings. The van der Waals surface area contributed by atoms with Crippen molar-refractivity contribution in [3.63, 3.8) is 0 Å². The van der Waals surface area contributed by atoms with Crippen molar-refractivity contribution in [2.75, 3.05) is 0 Å². The molecule has 1 N–H and O–H groups in total. The van der Waals surface area contributed by atoms with Crippen LogP contribution in [0.25, 0.3) is 0 Å². The average molecular weight is 243 g/mol. The van der Waals surface area contributed by atoms with E-state index in [1.165, 1.54) is 18.2 Å². The topological polar surface area (TPSA) is 53.2 Å². The normalized spacial score (nSPS) is 9.78. The number of hydrogen-bond acceptors (Lipinski definition) is 3. The number of ether oxygens (including phenoxy) is 1. The minimum Gasteiger partial charge on any atom is -0.508 e. The zero-order chi connectivity index (χ0) is 13.0. The highest BCUT2D eigenvalue weighted by Gasteiger charge is 2.08. The van der Waals surface area contributed by atoms with Crippen LogP contribution >= 0.6 is 0 Å². The van der Waals surface area contributed by atoms with Gasteiger partial charge in [-0.25, -0.2) is 4.39 Å². The summed E-state index contributed by atoms with van der Waals surface area (Å²) in [5.74, 6) is -0.0457. The quantitative estimate of drug-likeness (QED) is 0.901. The maximum Gasteiger partial charge on any atom is 0.147 e. The van der Waals surface area contributed by atoms with E-state index < -0.39 is 5.82 Å². The van der Waals surface area contributed by atoms with Crippen molar-refractivity contribution >= 4 is 0 Å². The van der Waals surface area contributed by atoms with Crippen LogP contribution in [-0.2, 0) is 6.61 Å². The standard InChI is InChI=1S/C14H10FNO2/c15-14-10(8-16)3-1-4-11(14)9-18-13-6-2-5-12(17)7-13/h1-7,17H,9H2. The zero-order valence-corrected chi connectivity index (χ0v) is 9.43. The first-order valence-corrected chi connectivity index (χ1v) is 5.30. The minimum atomic E-state index is -0.569. The van der Waals surface area contributed by atoms with Gasteiger partial charge in [-0.05, 0) is 18.2 Å². The molecular weight excluding hydrogens is 233 g/mol. The van der Waals surface area contributed by atoms with Gasteiger partial charge in [0.2, 0.25) is 0 Å². The summed E-state index contributed by atoms with van der Waals surface area (Å²) in [6.45, 7) is 0.00477. The molecule has 0 heterocycles. The fourth-order valence-electron chi connectivity index (χ4n) is 1.51. The molecule has 0 aliphatic heterocycles. The monoisotopic (exact) mass is 243 g/mol. The summed E-state index contributed by atoms with van der Waals surface area (Å²) >= 11 is 0. The second kappa shape index (κ2) is 5.19. The number of halogens is 1. The Balaban J connectivity index is 2.14. The van der Waals surface area contributed by atoms with Gasteiger partial charge in [-0.2, -0.15) is 5.26 Å². The van der Waals surface area contributed by atoms with Gasteiger partial charge in [0.1, 0.15) is 30.0 Å². The highest BCUT2D eigenvalue weighted by Crippen LogP contribution is 2.20. The molecule has 0 fully saturated rings. The Hall–Kier alpha value is -2.54. The van der Waals surface area contributed by atoms with E-state index in [-0.39, 0.29) is 17.9 Å². The summed E-state index contributed by atoms with van der Waals surface area (Å²) in [6, 6.07) is 12.6. The third kappa shape index (κ3) is 2.58. The second-order valence-electron chi connectivity index (χ2n) is 3.68. The van der Waals surface area contributed by atoms with E-state index in [0.29, 0.717) is 11.3 Å². The summed E-state index contributed by atoms with van der Waals surface area (Å²) in [5, 5.41) is 18.0. The zero-order valence-electron chi connectivity index (χ0n) is 9.43. The third-order valence-corrected chi connectivity index (χ3v) is 2.41. The Labute approximate surface area is 104 Å². The van der Waals surface area contributed by atoms with Crippen LogP contribution < -0.4 is 4.74 Å². The van der Waals surface area contributed by atoms with Crippen molar-refractivity contribution in [3.8, 4) is 17.6 Å². The SMILES string of the molecule is N#Cc1cccc(COc2cccc(O)c2)c1F. The van der Waals surface area contributed by atoms with Crippen LogP contribution in [-0.4, -0.2) is 5.11 Å². The lowest BCUT2D eigenvalue weighted by molar-refractivity contribution is 0.298. The van der Waals surface area contributed by atoms with Crippen LogP contribution in [0.5, 0.6) is 11.5 Å². The lowest BCUT2D eigenvalue weighted by Crippen LogP contribution is -2.00. The van der Waals surface area contributed by atoms with Gasteiger partial charge in [0.25, 0.3) is 0 Å². The molecule has 0 saturated carbocycles. The Kier molecular flexibility index (Phi) is 3.44. The Morgan fingerprint density at radius 2 is 2.00 bits per heavy atom. The van der Waals surface area contributed by atoms with Gasteiger partial charge in [-0.15, -0.1) is 0 Å². The van der Waals surface area contributed by atoms with Gasteiger partial charge in [0.15, 0.2) is 0 Å². The minimum absolute atomic E-state index is 0.00477. The molecule has 0 radical (unpaired) electrons. The Bertz CT molecular complexity index is 605. The summed E-state index contributed by atoms with van der Waals surface area (Å²) < 4.78 is 19.0. The lowest BCUT2D eigenvalue weighted by atomic mass is 10.1. The van der Waals surface area contributed by atoms with E-state index >= 15 is 0 Å². The van der Waals surface area contributed by atoms with Crippen molar-refractivity contribution in [1.29, 1.82) is 5.26 Å². The van der Waals surface area contributed by atoms with Crippen molar-refractivity contribution in [2.45, 2.75) is 6.61 Å². The Morgan fingerprint density at radius 3 is 2.72 bits per heavy atom. The number of hydrogen-bond donors (Lipinski definition) is 1. The average Bonchev–Trinajstić information content (AvgIpc) is 2.38. The first kappa shape index (κ1) is 11.9. The summed E-state index contributed by atoms with van der Waals surface area (Å²) in [4.78, 5) is 0. The molecule has 0 aliphatic rings. The van der Waals surface area contributed by atoms with Crippen molar-refractivity contribution in [1.82, 2.24) is 0 Å². The maximum atomic E-state index is 13.7. The summed E-state index contributed by atoms with van der Waals surface area (Å²) in [6.07, 6.45) is 0. The molecule has 0 spiro atoms. The largest absolute Gasteiger partial charge is 0.508 e. The van der Waals surface area contributed by atoms with Crippen molar-refractivity contribution < 1.29 is 14.2 Å². The number of rotatable bonds is 3. The van der Waals surface area contributed by atoms with Crippen LogP contribution in [0.3, 0.4) is 0 Å². The smallest absolute Gasteiger partial charge is 0.147 e. The van der Waals surface area contributed by atoms with Gasteiger partial charge in [-0.1, -0.05) is 18.2 Å².